The minimum atomic E-state index is -0.820. The van der Waals surface area contributed by atoms with Crippen molar-refractivity contribution in [1.29, 1.82) is 0 Å². The van der Waals surface area contributed by atoms with Crippen LogP contribution in [0.3, 0.4) is 0 Å². The molecule has 0 aliphatic rings. The molecule has 3 atom stereocenters. The third-order valence-corrected chi connectivity index (χ3v) is 3.50. The first-order chi connectivity index (χ1) is 11.2. The highest BCUT2D eigenvalue weighted by Gasteiger charge is 2.27. The molecule has 0 saturated carbocycles. The summed E-state index contributed by atoms with van der Waals surface area (Å²) in [5.41, 5.74) is 1.94. The van der Waals surface area contributed by atoms with Crippen LogP contribution in [0.5, 0.6) is 0 Å². The van der Waals surface area contributed by atoms with Crippen molar-refractivity contribution >= 4 is 6.29 Å². The normalized spacial score (nSPS) is 14.9. The lowest BCUT2D eigenvalue weighted by atomic mass is 10.1. The summed E-state index contributed by atoms with van der Waals surface area (Å²) in [5.74, 6) is 0. The summed E-state index contributed by atoms with van der Waals surface area (Å²) in [7, 11) is 0. The molecule has 0 unspecified atom stereocenters. The Morgan fingerprint density at radius 3 is 1.83 bits per heavy atom. The van der Waals surface area contributed by atoms with E-state index in [0.29, 0.717) is 19.5 Å². The molecule has 4 heteroatoms. The number of aliphatic hydroxyl groups is 1. The minimum Gasteiger partial charge on any atom is -0.391 e. The van der Waals surface area contributed by atoms with Crippen molar-refractivity contribution in [2.24, 2.45) is 0 Å². The summed E-state index contributed by atoms with van der Waals surface area (Å²) in [6.45, 7) is 2.20. The summed E-state index contributed by atoms with van der Waals surface area (Å²) in [5, 5.41) is 9.92. The number of benzene rings is 2. The number of carbonyl (C=O) groups excluding carboxylic acids is 1. The molecule has 0 spiro atoms. The van der Waals surface area contributed by atoms with Gasteiger partial charge in [0.1, 0.15) is 12.2 Å². The van der Waals surface area contributed by atoms with Crippen LogP contribution in [0.1, 0.15) is 18.1 Å². The van der Waals surface area contributed by atoms with Gasteiger partial charge in [-0.25, -0.2) is 0 Å². The maximum Gasteiger partial charge on any atom is 0.151 e. The molecule has 122 valence electrons. The van der Waals surface area contributed by atoms with Gasteiger partial charge in [0.05, 0.1) is 19.3 Å². The molecule has 2 aromatic carbocycles. The van der Waals surface area contributed by atoms with E-state index in [9.17, 15) is 9.90 Å². The topological polar surface area (TPSA) is 55.8 Å². The first-order valence-corrected chi connectivity index (χ1v) is 7.65. The van der Waals surface area contributed by atoms with Gasteiger partial charge < -0.3 is 19.4 Å². The van der Waals surface area contributed by atoms with Gasteiger partial charge >= 0.3 is 0 Å². The Kier molecular flexibility index (Phi) is 6.94. The highest BCUT2D eigenvalue weighted by Crippen LogP contribution is 2.13. The quantitative estimate of drug-likeness (QED) is 0.723. The van der Waals surface area contributed by atoms with Gasteiger partial charge in [-0.3, -0.25) is 0 Å². The third-order valence-electron chi connectivity index (χ3n) is 3.50. The van der Waals surface area contributed by atoms with E-state index in [4.69, 9.17) is 9.47 Å². The maximum atomic E-state index is 11.4. The Labute approximate surface area is 136 Å². The van der Waals surface area contributed by atoms with Crippen LogP contribution in [-0.4, -0.2) is 29.7 Å². The monoisotopic (exact) mass is 314 g/mol. The standard InChI is InChI=1S/C19H22O4/c1-15(21)19(23-14-17-10-6-3-7-11-17)18(12-20)22-13-16-8-4-2-5-9-16/h2-12,15,18-19,21H,13-14H2,1H3/t15-,18-,19+/m1/s1. The van der Waals surface area contributed by atoms with Crippen LogP contribution in [0.15, 0.2) is 60.7 Å². The van der Waals surface area contributed by atoms with Crippen LogP contribution < -0.4 is 0 Å². The molecule has 23 heavy (non-hydrogen) atoms. The molecule has 0 amide bonds. The second kappa shape index (κ2) is 9.20. The molecule has 0 aromatic heterocycles. The lowest BCUT2D eigenvalue weighted by Gasteiger charge is -2.26. The van der Waals surface area contributed by atoms with Gasteiger partial charge in [-0.2, -0.15) is 0 Å². The fraction of sp³-hybridized carbons (Fsp3) is 0.316. The number of hydrogen-bond acceptors (Lipinski definition) is 4. The Morgan fingerprint density at radius 2 is 1.39 bits per heavy atom. The molecule has 2 aromatic rings. The molecule has 1 N–H and O–H groups in total. The lowest BCUT2D eigenvalue weighted by Crippen LogP contribution is -2.40. The zero-order valence-corrected chi connectivity index (χ0v) is 13.2. The fourth-order valence-corrected chi connectivity index (χ4v) is 2.25. The maximum absolute atomic E-state index is 11.4. The first kappa shape index (κ1) is 17.3. The van der Waals surface area contributed by atoms with E-state index in [-0.39, 0.29) is 0 Å². The molecular weight excluding hydrogens is 292 g/mol. The molecule has 0 radical (unpaired) electrons. The first-order valence-electron chi connectivity index (χ1n) is 7.65. The second-order valence-corrected chi connectivity index (χ2v) is 5.40. The molecule has 2 rings (SSSR count). The molecule has 0 bridgehead atoms. The van der Waals surface area contributed by atoms with Crippen molar-refractivity contribution in [3.63, 3.8) is 0 Å². The van der Waals surface area contributed by atoms with Crippen LogP contribution in [0.2, 0.25) is 0 Å². The van der Waals surface area contributed by atoms with Crippen molar-refractivity contribution in [2.45, 2.75) is 38.4 Å². The Bertz CT molecular complexity index is 568. The Morgan fingerprint density at radius 1 is 0.913 bits per heavy atom. The number of rotatable bonds is 9. The van der Waals surface area contributed by atoms with E-state index < -0.39 is 18.3 Å². The molecule has 0 saturated heterocycles. The van der Waals surface area contributed by atoms with Crippen molar-refractivity contribution in [3.05, 3.63) is 71.8 Å². The van der Waals surface area contributed by atoms with Crippen LogP contribution in [0.4, 0.5) is 0 Å². The summed E-state index contributed by atoms with van der Waals surface area (Å²) in [6, 6.07) is 19.2. The zero-order chi connectivity index (χ0) is 16.5. The molecule has 0 aliphatic carbocycles. The molecular formula is C19H22O4. The largest absolute Gasteiger partial charge is 0.391 e. The van der Waals surface area contributed by atoms with E-state index in [1.165, 1.54) is 0 Å². The number of hydrogen-bond donors (Lipinski definition) is 1. The number of aliphatic hydroxyl groups excluding tert-OH is 1. The fourth-order valence-electron chi connectivity index (χ4n) is 2.25. The van der Waals surface area contributed by atoms with Crippen molar-refractivity contribution in [2.75, 3.05) is 0 Å². The van der Waals surface area contributed by atoms with E-state index in [1.807, 2.05) is 60.7 Å². The predicted molar refractivity (Wildman–Crippen MR) is 87.8 cm³/mol. The van der Waals surface area contributed by atoms with Crippen LogP contribution >= 0.6 is 0 Å². The van der Waals surface area contributed by atoms with E-state index in [2.05, 4.69) is 0 Å². The molecule has 4 nitrogen and oxygen atoms in total. The zero-order valence-electron chi connectivity index (χ0n) is 13.2. The summed E-state index contributed by atoms with van der Waals surface area (Å²) < 4.78 is 11.4. The average molecular weight is 314 g/mol. The number of aldehydes is 1. The van der Waals surface area contributed by atoms with Crippen LogP contribution in [0.25, 0.3) is 0 Å². The van der Waals surface area contributed by atoms with E-state index >= 15 is 0 Å². The number of carbonyl (C=O) groups is 1. The van der Waals surface area contributed by atoms with E-state index in [1.54, 1.807) is 6.92 Å². The second-order valence-electron chi connectivity index (χ2n) is 5.40. The van der Waals surface area contributed by atoms with Crippen molar-refractivity contribution in [1.82, 2.24) is 0 Å². The van der Waals surface area contributed by atoms with Crippen molar-refractivity contribution in [3.8, 4) is 0 Å². The molecule has 0 heterocycles. The van der Waals surface area contributed by atoms with Crippen molar-refractivity contribution < 1.29 is 19.4 Å². The number of ether oxygens (including phenoxy) is 2. The van der Waals surface area contributed by atoms with Gasteiger partial charge in [-0.15, -0.1) is 0 Å². The average Bonchev–Trinajstić information content (AvgIpc) is 2.59. The summed E-state index contributed by atoms with van der Waals surface area (Å²) >= 11 is 0. The minimum absolute atomic E-state index is 0.294. The van der Waals surface area contributed by atoms with Crippen LogP contribution in [-0.2, 0) is 27.5 Å². The van der Waals surface area contributed by atoms with Gasteiger partial charge in [-0.1, -0.05) is 60.7 Å². The van der Waals surface area contributed by atoms with Gasteiger partial charge in [0, 0.05) is 0 Å². The molecule has 0 aliphatic heterocycles. The highest BCUT2D eigenvalue weighted by atomic mass is 16.5. The van der Waals surface area contributed by atoms with Gasteiger partial charge in [0.25, 0.3) is 0 Å². The SMILES string of the molecule is C[C@@H](O)[C@H](OCc1ccccc1)[C@@H](C=O)OCc1ccccc1. The Hall–Kier alpha value is -2.01. The highest BCUT2D eigenvalue weighted by molar-refractivity contribution is 5.57. The lowest BCUT2D eigenvalue weighted by molar-refractivity contribution is -0.146. The third kappa shape index (κ3) is 5.60. The van der Waals surface area contributed by atoms with E-state index in [0.717, 1.165) is 11.1 Å². The predicted octanol–water partition coefficient (Wildman–Crippen LogP) is 2.74. The van der Waals surface area contributed by atoms with Gasteiger partial charge in [0.2, 0.25) is 0 Å². The smallest absolute Gasteiger partial charge is 0.151 e. The van der Waals surface area contributed by atoms with Crippen LogP contribution in [0, 0.1) is 0 Å². The Balaban J connectivity index is 1.94. The molecule has 0 fully saturated rings. The summed E-state index contributed by atoms with van der Waals surface area (Å²) in [6.07, 6.45) is -1.66. The van der Waals surface area contributed by atoms with Gasteiger partial charge in [0.15, 0.2) is 6.29 Å². The summed E-state index contributed by atoms with van der Waals surface area (Å²) in [4.78, 5) is 11.4. The van der Waals surface area contributed by atoms with Gasteiger partial charge in [-0.05, 0) is 18.1 Å².